The molecule has 0 unspecified atom stereocenters. The fraction of sp³-hybridized carbons (Fsp3) is 0.0769. The minimum atomic E-state index is -4.53. The van der Waals surface area contributed by atoms with Gasteiger partial charge in [-0.2, -0.15) is 18.3 Å². The maximum atomic E-state index is 13.0. The Morgan fingerprint density at radius 2 is 1.83 bits per heavy atom. The molecule has 5 aromatic rings. The van der Waals surface area contributed by atoms with E-state index < -0.39 is 17.6 Å². The second kappa shape index (κ2) is 8.81. The molecule has 7 nitrogen and oxygen atoms in total. The Morgan fingerprint density at radius 1 is 1.03 bits per heavy atom. The molecule has 0 spiro atoms. The van der Waals surface area contributed by atoms with Gasteiger partial charge in [0.15, 0.2) is 0 Å². The molecule has 3 N–H and O–H groups in total. The molecule has 36 heavy (non-hydrogen) atoms. The van der Waals surface area contributed by atoms with Crippen molar-refractivity contribution >= 4 is 28.3 Å². The first-order chi connectivity index (χ1) is 17.2. The van der Waals surface area contributed by atoms with Crippen LogP contribution in [-0.2, 0) is 6.18 Å². The van der Waals surface area contributed by atoms with E-state index in [1.807, 2.05) is 31.3 Å². The molecule has 0 atom stereocenters. The van der Waals surface area contributed by atoms with Gasteiger partial charge in [-0.05, 0) is 48.9 Å². The molecule has 1 amide bonds. The summed E-state index contributed by atoms with van der Waals surface area (Å²) >= 11 is 0. The Morgan fingerprint density at radius 3 is 2.64 bits per heavy atom. The molecule has 2 aromatic heterocycles. The fourth-order valence-corrected chi connectivity index (χ4v) is 3.91. The summed E-state index contributed by atoms with van der Waals surface area (Å²) in [6.45, 7) is 1.89. The molecule has 5 rings (SSSR count). The number of amides is 1. The van der Waals surface area contributed by atoms with Gasteiger partial charge in [-0.3, -0.25) is 4.79 Å². The van der Waals surface area contributed by atoms with Crippen LogP contribution in [0.5, 0.6) is 0 Å². The first-order valence-electron chi connectivity index (χ1n) is 10.8. The van der Waals surface area contributed by atoms with Crippen LogP contribution in [-0.4, -0.2) is 25.7 Å². The third-order valence-electron chi connectivity index (χ3n) is 5.76. The van der Waals surface area contributed by atoms with Crippen molar-refractivity contribution in [2.24, 2.45) is 0 Å². The highest BCUT2D eigenvalue weighted by molar-refractivity contribution is 6.04. The number of aryl methyl sites for hydroxylation is 1. The predicted octanol–water partition coefficient (Wildman–Crippen LogP) is 5.64. The number of nitrogens with one attached hydrogen (secondary N) is 1. The number of nitrogens with zero attached hydrogens (tertiary/aromatic N) is 4. The van der Waals surface area contributed by atoms with Crippen molar-refractivity contribution in [2.45, 2.75) is 13.1 Å². The van der Waals surface area contributed by atoms with Crippen LogP contribution in [0, 0.1) is 6.92 Å². The summed E-state index contributed by atoms with van der Waals surface area (Å²) in [6, 6.07) is 15.1. The third-order valence-corrected chi connectivity index (χ3v) is 5.76. The number of hydrogen-bond donors (Lipinski definition) is 2. The van der Waals surface area contributed by atoms with Crippen LogP contribution >= 0.6 is 0 Å². The molecule has 0 bridgehead atoms. The van der Waals surface area contributed by atoms with Crippen molar-refractivity contribution in [2.75, 3.05) is 11.1 Å². The van der Waals surface area contributed by atoms with Gasteiger partial charge in [0, 0.05) is 34.0 Å². The normalized spacial score (nSPS) is 11.6. The highest BCUT2D eigenvalue weighted by atomic mass is 19.4. The number of hydrogen-bond acceptors (Lipinski definition) is 5. The molecule has 180 valence electrons. The largest absolute Gasteiger partial charge is 0.416 e. The van der Waals surface area contributed by atoms with Gasteiger partial charge in [-0.1, -0.05) is 24.3 Å². The number of alkyl halides is 3. The lowest BCUT2D eigenvalue weighted by Crippen LogP contribution is -2.14. The SMILES string of the molecule is Cc1ccc(NC(=O)c2cccc(C(F)(F)F)c2)cc1-n1cc(-c2cccc3c(N)ncnc23)cn1. The maximum Gasteiger partial charge on any atom is 0.416 e. The van der Waals surface area contributed by atoms with Crippen LogP contribution in [0.25, 0.3) is 27.7 Å². The van der Waals surface area contributed by atoms with Crippen LogP contribution in [0.15, 0.2) is 79.4 Å². The average molecular weight is 488 g/mol. The smallest absolute Gasteiger partial charge is 0.383 e. The molecule has 3 aromatic carbocycles. The number of nitrogen functional groups attached to an aromatic ring is 1. The Hall–Kier alpha value is -4.73. The number of aromatic nitrogens is 4. The lowest BCUT2D eigenvalue weighted by atomic mass is 10.1. The first-order valence-corrected chi connectivity index (χ1v) is 10.8. The number of nitrogens with two attached hydrogens (primary N) is 1. The molecule has 0 aliphatic rings. The van der Waals surface area contributed by atoms with Crippen LogP contribution in [0.2, 0.25) is 0 Å². The van der Waals surface area contributed by atoms with E-state index in [0.29, 0.717) is 22.7 Å². The van der Waals surface area contributed by atoms with E-state index in [2.05, 4.69) is 20.4 Å². The van der Waals surface area contributed by atoms with Gasteiger partial charge in [0.05, 0.1) is 23.0 Å². The summed E-state index contributed by atoms with van der Waals surface area (Å²) in [5.41, 5.74) is 9.33. The van der Waals surface area contributed by atoms with E-state index in [1.165, 1.54) is 18.5 Å². The number of carbonyl (C=O) groups is 1. The second-order valence-corrected chi connectivity index (χ2v) is 8.17. The van der Waals surface area contributed by atoms with Crippen molar-refractivity contribution < 1.29 is 18.0 Å². The van der Waals surface area contributed by atoms with E-state index >= 15 is 0 Å². The molecule has 2 heterocycles. The van der Waals surface area contributed by atoms with Crippen molar-refractivity contribution in [3.05, 3.63) is 96.1 Å². The zero-order chi connectivity index (χ0) is 25.4. The van der Waals surface area contributed by atoms with E-state index in [9.17, 15) is 18.0 Å². The van der Waals surface area contributed by atoms with Gasteiger partial charge in [0.2, 0.25) is 0 Å². The van der Waals surface area contributed by atoms with Crippen molar-refractivity contribution in [3.63, 3.8) is 0 Å². The molecule has 10 heteroatoms. The van der Waals surface area contributed by atoms with Gasteiger partial charge in [-0.15, -0.1) is 0 Å². The molecular weight excluding hydrogens is 469 g/mol. The Bertz CT molecular complexity index is 1610. The second-order valence-electron chi connectivity index (χ2n) is 8.17. The zero-order valence-electron chi connectivity index (χ0n) is 18.9. The molecule has 0 aliphatic carbocycles. The number of anilines is 2. The van der Waals surface area contributed by atoms with Crippen molar-refractivity contribution in [1.82, 2.24) is 19.7 Å². The Balaban J connectivity index is 1.45. The van der Waals surface area contributed by atoms with Gasteiger partial charge in [0.1, 0.15) is 12.1 Å². The standard InChI is InChI=1S/C26H19F3N6O/c1-15-8-9-19(34-25(36)16-4-2-5-18(10-16)26(27,28)29)11-22(15)35-13-17(12-33-35)20-6-3-7-21-23(20)31-14-32-24(21)30/h2-14H,1H3,(H,34,36)(H2,30,31,32). The van der Waals surface area contributed by atoms with Crippen LogP contribution in [0.1, 0.15) is 21.5 Å². The summed E-state index contributed by atoms with van der Waals surface area (Å²) in [5, 5.41) is 7.87. The molecule has 0 radical (unpaired) electrons. The number of benzene rings is 3. The summed E-state index contributed by atoms with van der Waals surface area (Å²) in [6.07, 6.45) is 0.396. The molecule has 0 fully saturated rings. The highest BCUT2D eigenvalue weighted by Crippen LogP contribution is 2.31. The number of halogens is 3. The molecule has 0 saturated carbocycles. The third kappa shape index (κ3) is 4.36. The minimum Gasteiger partial charge on any atom is -0.383 e. The Labute approximate surface area is 203 Å². The fourth-order valence-electron chi connectivity index (χ4n) is 3.91. The van der Waals surface area contributed by atoms with Gasteiger partial charge >= 0.3 is 6.18 Å². The van der Waals surface area contributed by atoms with E-state index in [-0.39, 0.29) is 5.56 Å². The number of carbonyl (C=O) groups excluding carboxylic acids is 1. The molecule has 0 aliphatic heterocycles. The first kappa shape index (κ1) is 23.0. The Kier molecular flexibility index (Phi) is 5.63. The quantitative estimate of drug-likeness (QED) is 0.341. The maximum absolute atomic E-state index is 13.0. The molecule has 0 saturated heterocycles. The van der Waals surface area contributed by atoms with Crippen LogP contribution in [0.4, 0.5) is 24.7 Å². The van der Waals surface area contributed by atoms with E-state index in [1.54, 1.807) is 29.1 Å². The summed E-state index contributed by atoms with van der Waals surface area (Å²) in [7, 11) is 0. The van der Waals surface area contributed by atoms with E-state index in [4.69, 9.17) is 5.73 Å². The van der Waals surface area contributed by atoms with Crippen LogP contribution < -0.4 is 11.1 Å². The van der Waals surface area contributed by atoms with Gasteiger partial charge in [-0.25, -0.2) is 14.6 Å². The van der Waals surface area contributed by atoms with Crippen molar-refractivity contribution in [1.29, 1.82) is 0 Å². The minimum absolute atomic E-state index is 0.0921. The molecular formula is C26H19F3N6O. The van der Waals surface area contributed by atoms with Crippen LogP contribution in [0.3, 0.4) is 0 Å². The predicted molar refractivity (Wildman–Crippen MR) is 131 cm³/mol. The van der Waals surface area contributed by atoms with Crippen molar-refractivity contribution in [3.8, 4) is 16.8 Å². The lowest BCUT2D eigenvalue weighted by molar-refractivity contribution is -0.137. The summed E-state index contributed by atoms with van der Waals surface area (Å²) < 4.78 is 40.7. The summed E-state index contributed by atoms with van der Waals surface area (Å²) in [4.78, 5) is 21.0. The number of para-hydroxylation sites is 1. The van der Waals surface area contributed by atoms with E-state index in [0.717, 1.165) is 34.2 Å². The number of rotatable bonds is 4. The zero-order valence-corrected chi connectivity index (χ0v) is 18.9. The summed E-state index contributed by atoms with van der Waals surface area (Å²) in [5.74, 6) is -0.264. The highest BCUT2D eigenvalue weighted by Gasteiger charge is 2.30. The average Bonchev–Trinajstić information content (AvgIpc) is 3.34. The topological polar surface area (TPSA) is 98.7 Å². The van der Waals surface area contributed by atoms with Gasteiger partial charge < -0.3 is 11.1 Å². The lowest BCUT2D eigenvalue weighted by Gasteiger charge is -2.12. The van der Waals surface area contributed by atoms with Gasteiger partial charge in [0.25, 0.3) is 5.91 Å². The number of fused-ring (bicyclic) bond motifs is 1. The monoisotopic (exact) mass is 488 g/mol.